The summed E-state index contributed by atoms with van der Waals surface area (Å²) >= 11 is 0. The van der Waals surface area contributed by atoms with Crippen LogP contribution in [-0.4, -0.2) is 38.5 Å². The lowest BCUT2D eigenvalue weighted by molar-refractivity contribution is -0.144. The molecule has 0 saturated carbocycles. The number of amides is 1. The minimum absolute atomic E-state index is 0.101. The zero-order valence-corrected chi connectivity index (χ0v) is 12.4. The van der Waals surface area contributed by atoms with Crippen molar-refractivity contribution in [3.05, 3.63) is 42.2 Å². The van der Waals surface area contributed by atoms with E-state index in [1.165, 1.54) is 11.0 Å². The monoisotopic (exact) mass is 313 g/mol. The molecule has 0 unspecified atom stereocenters. The van der Waals surface area contributed by atoms with Gasteiger partial charge in [-0.25, -0.2) is 4.79 Å². The van der Waals surface area contributed by atoms with Crippen molar-refractivity contribution >= 4 is 28.6 Å². The van der Waals surface area contributed by atoms with Crippen molar-refractivity contribution in [1.29, 1.82) is 0 Å². The molecule has 1 amide bonds. The number of carbonyl (C=O) groups is 2. The van der Waals surface area contributed by atoms with Crippen LogP contribution in [0.5, 0.6) is 0 Å². The minimum atomic E-state index is -0.434. The summed E-state index contributed by atoms with van der Waals surface area (Å²) in [5, 5.41) is 11.5. The fourth-order valence-electron chi connectivity index (χ4n) is 2.13. The quantitative estimate of drug-likeness (QED) is 0.696. The Morgan fingerprint density at radius 1 is 1.35 bits per heavy atom. The molecule has 3 aromatic rings. The minimum Gasteiger partial charge on any atom is -0.465 e. The maximum atomic E-state index is 12.2. The maximum Gasteiger partial charge on any atom is 0.329 e. The number of rotatable bonds is 5. The smallest absolute Gasteiger partial charge is 0.329 e. The van der Waals surface area contributed by atoms with E-state index in [-0.39, 0.29) is 18.3 Å². The first-order chi connectivity index (χ1) is 11.2. The summed E-state index contributed by atoms with van der Waals surface area (Å²) in [5.74, 6) is -0.501. The number of nitrogens with one attached hydrogen (secondary N) is 2. The number of hydrogen-bond donors (Lipinski definition) is 2. The Hall–Kier alpha value is -3.16. The number of aromatic nitrogens is 4. The second-order valence-corrected chi connectivity index (χ2v) is 4.79. The van der Waals surface area contributed by atoms with Crippen molar-refractivity contribution in [3.8, 4) is 0 Å². The molecule has 23 heavy (non-hydrogen) atoms. The normalized spacial score (nSPS) is 10.7. The molecular weight excluding hydrogens is 298 g/mol. The Bertz CT molecular complexity index is 819. The Morgan fingerprint density at radius 3 is 2.96 bits per heavy atom. The third kappa shape index (κ3) is 3.37. The summed E-state index contributed by atoms with van der Waals surface area (Å²) in [7, 11) is 0. The van der Waals surface area contributed by atoms with Crippen LogP contribution in [0.3, 0.4) is 0 Å². The highest BCUT2D eigenvalue weighted by Gasteiger charge is 2.12. The first kappa shape index (κ1) is 14.8. The van der Waals surface area contributed by atoms with Crippen LogP contribution in [0, 0.1) is 0 Å². The van der Waals surface area contributed by atoms with Gasteiger partial charge >= 0.3 is 5.97 Å². The fourth-order valence-corrected chi connectivity index (χ4v) is 2.13. The number of ether oxygens (including phenoxy) is 1. The molecule has 0 spiro atoms. The molecule has 0 aliphatic heterocycles. The van der Waals surface area contributed by atoms with Gasteiger partial charge in [-0.2, -0.15) is 9.90 Å². The molecule has 8 nitrogen and oxygen atoms in total. The maximum absolute atomic E-state index is 12.2. The van der Waals surface area contributed by atoms with E-state index in [0.29, 0.717) is 12.3 Å². The summed E-state index contributed by atoms with van der Waals surface area (Å²) in [6, 6.07) is 9.36. The van der Waals surface area contributed by atoms with Gasteiger partial charge in [-0.05, 0) is 19.1 Å². The van der Waals surface area contributed by atoms with E-state index in [0.717, 1.165) is 10.9 Å². The van der Waals surface area contributed by atoms with Gasteiger partial charge in [0.05, 0.1) is 12.8 Å². The predicted octanol–water partition coefficient (Wildman–Crippen LogP) is 1.57. The summed E-state index contributed by atoms with van der Waals surface area (Å²) in [5.41, 5.74) is 1.30. The van der Waals surface area contributed by atoms with Crippen LogP contribution in [-0.2, 0) is 16.1 Å². The van der Waals surface area contributed by atoms with Crippen molar-refractivity contribution in [2.45, 2.75) is 13.5 Å². The van der Waals surface area contributed by atoms with E-state index >= 15 is 0 Å². The van der Waals surface area contributed by atoms with Crippen LogP contribution < -0.4 is 5.32 Å². The second kappa shape index (κ2) is 6.30. The van der Waals surface area contributed by atoms with Gasteiger partial charge in [0.1, 0.15) is 5.69 Å². The van der Waals surface area contributed by atoms with E-state index in [1.54, 1.807) is 13.0 Å². The SMILES string of the molecule is CCOC(=O)Cn1ncc(NC(=O)c2cc3ccccc3[nH]2)n1. The third-order valence-corrected chi connectivity index (χ3v) is 3.13. The van der Waals surface area contributed by atoms with Gasteiger partial charge < -0.3 is 15.0 Å². The van der Waals surface area contributed by atoms with Gasteiger partial charge in [0.25, 0.3) is 5.91 Å². The van der Waals surface area contributed by atoms with Gasteiger partial charge in [-0.15, -0.1) is 5.10 Å². The van der Waals surface area contributed by atoms with E-state index in [4.69, 9.17) is 4.74 Å². The molecule has 1 aromatic carbocycles. The highest BCUT2D eigenvalue weighted by molar-refractivity contribution is 6.05. The molecule has 2 aromatic heterocycles. The van der Waals surface area contributed by atoms with E-state index < -0.39 is 5.97 Å². The average Bonchev–Trinajstić information content (AvgIpc) is 3.14. The van der Waals surface area contributed by atoms with Gasteiger partial charge in [-0.3, -0.25) is 4.79 Å². The Kier molecular flexibility index (Phi) is 4.05. The Labute approximate surface area is 131 Å². The van der Waals surface area contributed by atoms with Crippen LogP contribution in [0.25, 0.3) is 10.9 Å². The zero-order chi connectivity index (χ0) is 16.2. The van der Waals surface area contributed by atoms with Crippen LogP contribution >= 0.6 is 0 Å². The Morgan fingerprint density at radius 2 is 2.17 bits per heavy atom. The summed E-state index contributed by atoms with van der Waals surface area (Å²) in [6.45, 7) is 1.92. The molecule has 2 heterocycles. The van der Waals surface area contributed by atoms with Crippen LogP contribution in [0.4, 0.5) is 5.82 Å². The molecule has 0 fully saturated rings. The van der Waals surface area contributed by atoms with Crippen LogP contribution in [0.2, 0.25) is 0 Å². The number of anilines is 1. The lowest BCUT2D eigenvalue weighted by Crippen LogP contribution is -2.16. The van der Waals surface area contributed by atoms with Crippen molar-refractivity contribution in [3.63, 3.8) is 0 Å². The fraction of sp³-hybridized carbons (Fsp3) is 0.200. The Balaban J connectivity index is 1.68. The van der Waals surface area contributed by atoms with Crippen molar-refractivity contribution in [1.82, 2.24) is 20.0 Å². The summed E-state index contributed by atoms with van der Waals surface area (Å²) < 4.78 is 4.81. The molecule has 0 radical (unpaired) electrons. The number of hydrogen-bond acceptors (Lipinski definition) is 5. The van der Waals surface area contributed by atoms with Gasteiger partial charge in [-0.1, -0.05) is 18.2 Å². The molecule has 0 aliphatic carbocycles. The molecule has 0 atom stereocenters. The lowest BCUT2D eigenvalue weighted by Gasteiger charge is -2.00. The molecule has 3 rings (SSSR count). The molecule has 0 aliphatic rings. The standard InChI is InChI=1S/C15H15N5O3/c1-2-23-14(21)9-20-16-8-13(19-20)18-15(22)12-7-10-5-3-4-6-11(10)17-12/h3-8,17H,2,9H2,1H3,(H,18,19,22). The summed E-state index contributed by atoms with van der Waals surface area (Å²) in [6.07, 6.45) is 1.37. The average molecular weight is 313 g/mol. The number of fused-ring (bicyclic) bond motifs is 1. The number of benzene rings is 1. The molecule has 8 heteroatoms. The first-order valence-corrected chi connectivity index (χ1v) is 7.10. The largest absolute Gasteiger partial charge is 0.465 e. The third-order valence-electron chi connectivity index (χ3n) is 3.13. The molecule has 0 saturated heterocycles. The lowest BCUT2D eigenvalue weighted by atomic mass is 10.2. The van der Waals surface area contributed by atoms with E-state index in [1.807, 2.05) is 24.3 Å². The van der Waals surface area contributed by atoms with E-state index in [9.17, 15) is 9.59 Å². The van der Waals surface area contributed by atoms with E-state index in [2.05, 4.69) is 20.5 Å². The van der Waals surface area contributed by atoms with Crippen molar-refractivity contribution in [2.75, 3.05) is 11.9 Å². The van der Waals surface area contributed by atoms with Crippen LogP contribution in [0.1, 0.15) is 17.4 Å². The topological polar surface area (TPSA) is 102 Å². The number of esters is 1. The second-order valence-electron chi connectivity index (χ2n) is 4.79. The molecular formula is C15H15N5O3. The number of nitrogens with zero attached hydrogens (tertiary/aromatic N) is 3. The highest BCUT2D eigenvalue weighted by Crippen LogP contribution is 2.15. The number of para-hydroxylation sites is 1. The summed E-state index contributed by atoms with van der Waals surface area (Å²) in [4.78, 5) is 27.8. The number of aromatic amines is 1. The van der Waals surface area contributed by atoms with Crippen molar-refractivity contribution < 1.29 is 14.3 Å². The molecule has 0 bridgehead atoms. The van der Waals surface area contributed by atoms with Gasteiger partial charge in [0, 0.05) is 10.9 Å². The van der Waals surface area contributed by atoms with Crippen molar-refractivity contribution in [2.24, 2.45) is 0 Å². The van der Waals surface area contributed by atoms with Gasteiger partial charge in [0.15, 0.2) is 12.4 Å². The molecule has 118 valence electrons. The van der Waals surface area contributed by atoms with Gasteiger partial charge in [0.2, 0.25) is 0 Å². The molecule has 2 N–H and O–H groups in total. The van der Waals surface area contributed by atoms with Crippen LogP contribution in [0.15, 0.2) is 36.5 Å². The highest BCUT2D eigenvalue weighted by atomic mass is 16.5. The predicted molar refractivity (Wildman–Crippen MR) is 82.9 cm³/mol. The first-order valence-electron chi connectivity index (χ1n) is 7.10. The number of carbonyl (C=O) groups excluding carboxylic acids is 2. The number of H-pyrrole nitrogens is 1. The zero-order valence-electron chi connectivity index (χ0n) is 12.4.